The van der Waals surface area contributed by atoms with E-state index in [0.717, 1.165) is 0 Å². The lowest BCUT2D eigenvalue weighted by molar-refractivity contribution is -0.155. The first-order valence-electron chi connectivity index (χ1n) is 8.50. The van der Waals surface area contributed by atoms with Crippen LogP contribution < -0.4 is 0 Å². The number of carbonyl (C=O) groups is 2. The van der Waals surface area contributed by atoms with E-state index in [2.05, 4.69) is 0 Å². The van der Waals surface area contributed by atoms with Crippen LogP contribution in [-0.4, -0.2) is 11.9 Å². The Bertz CT molecular complexity index is 874. The van der Waals surface area contributed by atoms with Crippen molar-refractivity contribution in [3.63, 3.8) is 0 Å². The standard InChI is InChI=1S/C21H14F2O3/c22-17-15-13-14(20(25)26-19(13)24)16(18(17)23)21(15,11-7-3-1-4-8-11)12-9-5-2-6-10-12/h1-10,13-16H. The summed E-state index contributed by atoms with van der Waals surface area (Å²) in [5, 5.41) is 0. The summed E-state index contributed by atoms with van der Waals surface area (Å²) >= 11 is 0. The molecule has 2 aliphatic carbocycles. The van der Waals surface area contributed by atoms with Crippen LogP contribution in [0, 0.1) is 23.7 Å². The third-order valence-corrected chi connectivity index (χ3v) is 6.11. The van der Waals surface area contributed by atoms with Crippen molar-refractivity contribution in [2.45, 2.75) is 5.41 Å². The second-order valence-corrected chi connectivity index (χ2v) is 7.04. The van der Waals surface area contributed by atoms with Crippen molar-refractivity contribution < 1.29 is 23.1 Å². The summed E-state index contributed by atoms with van der Waals surface area (Å²) in [6.07, 6.45) is 0. The Balaban J connectivity index is 1.85. The van der Waals surface area contributed by atoms with Gasteiger partial charge in [0.2, 0.25) is 0 Å². The summed E-state index contributed by atoms with van der Waals surface area (Å²) in [6.45, 7) is 0. The van der Waals surface area contributed by atoms with Crippen molar-refractivity contribution >= 4 is 11.9 Å². The number of allylic oxidation sites excluding steroid dienone is 2. The number of carbonyl (C=O) groups excluding carboxylic acids is 2. The van der Waals surface area contributed by atoms with Crippen molar-refractivity contribution in [2.24, 2.45) is 23.7 Å². The Morgan fingerprint density at radius 1 is 0.692 bits per heavy atom. The second-order valence-electron chi connectivity index (χ2n) is 7.04. The summed E-state index contributed by atoms with van der Waals surface area (Å²) < 4.78 is 34.7. The van der Waals surface area contributed by atoms with Gasteiger partial charge in [-0.25, -0.2) is 8.78 Å². The quantitative estimate of drug-likeness (QED) is 0.611. The summed E-state index contributed by atoms with van der Waals surface area (Å²) in [5.74, 6) is -7.54. The lowest BCUT2D eigenvalue weighted by atomic mass is 9.65. The minimum atomic E-state index is -1.14. The van der Waals surface area contributed by atoms with Gasteiger partial charge in [0, 0.05) is 17.3 Å². The second kappa shape index (κ2) is 5.10. The topological polar surface area (TPSA) is 43.4 Å². The first-order valence-corrected chi connectivity index (χ1v) is 8.50. The SMILES string of the molecule is O=C1OC(=O)C2C1C1C(F)=C(F)C2C1(c1ccccc1)c1ccccc1. The molecule has 4 unspecified atom stereocenters. The van der Waals surface area contributed by atoms with Gasteiger partial charge < -0.3 is 4.74 Å². The number of benzene rings is 2. The number of ether oxygens (including phenoxy) is 1. The van der Waals surface area contributed by atoms with Crippen molar-refractivity contribution in [1.29, 1.82) is 0 Å². The van der Waals surface area contributed by atoms with E-state index in [1.165, 1.54) is 0 Å². The molecule has 26 heavy (non-hydrogen) atoms. The van der Waals surface area contributed by atoms with Gasteiger partial charge in [-0.15, -0.1) is 0 Å². The fraction of sp³-hybridized carbons (Fsp3) is 0.238. The molecule has 0 N–H and O–H groups in total. The number of halogens is 2. The zero-order valence-corrected chi connectivity index (χ0v) is 13.6. The van der Waals surface area contributed by atoms with Crippen LogP contribution in [0.1, 0.15) is 11.1 Å². The first kappa shape index (κ1) is 15.4. The van der Waals surface area contributed by atoms with E-state index in [4.69, 9.17) is 4.74 Å². The Morgan fingerprint density at radius 3 is 1.46 bits per heavy atom. The van der Waals surface area contributed by atoms with Crippen LogP contribution in [0.3, 0.4) is 0 Å². The summed E-state index contributed by atoms with van der Waals surface area (Å²) in [5.41, 5.74) is 0.249. The lowest BCUT2D eigenvalue weighted by Gasteiger charge is -2.37. The molecule has 4 atom stereocenters. The van der Waals surface area contributed by atoms with E-state index < -0.39 is 52.7 Å². The van der Waals surface area contributed by atoms with Crippen LogP contribution in [0.25, 0.3) is 0 Å². The van der Waals surface area contributed by atoms with Crippen molar-refractivity contribution in [3.05, 3.63) is 83.4 Å². The number of fused-ring (bicyclic) bond motifs is 5. The smallest absolute Gasteiger partial charge is 0.318 e. The third-order valence-electron chi connectivity index (χ3n) is 6.11. The molecule has 5 heteroatoms. The van der Waals surface area contributed by atoms with Crippen molar-refractivity contribution in [3.8, 4) is 0 Å². The molecule has 0 spiro atoms. The fourth-order valence-corrected chi connectivity index (χ4v) is 5.30. The molecule has 2 bridgehead atoms. The molecule has 3 nitrogen and oxygen atoms in total. The van der Waals surface area contributed by atoms with Crippen LogP contribution in [0.15, 0.2) is 72.3 Å². The van der Waals surface area contributed by atoms with Crippen LogP contribution >= 0.6 is 0 Å². The molecule has 2 fully saturated rings. The van der Waals surface area contributed by atoms with Crippen LogP contribution in [-0.2, 0) is 19.7 Å². The van der Waals surface area contributed by atoms with Gasteiger partial charge in [-0.05, 0) is 11.1 Å². The van der Waals surface area contributed by atoms with Gasteiger partial charge in [0.15, 0.2) is 0 Å². The fourth-order valence-electron chi connectivity index (χ4n) is 5.30. The van der Waals surface area contributed by atoms with Crippen LogP contribution in [0.5, 0.6) is 0 Å². The van der Waals surface area contributed by atoms with Gasteiger partial charge in [-0.2, -0.15) is 0 Å². The molecular formula is C21H14F2O3. The Morgan fingerprint density at radius 2 is 1.08 bits per heavy atom. The highest BCUT2D eigenvalue weighted by atomic mass is 19.2. The zero-order chi connectivity index (χ0) is 18.1. The van der Waals surface area contributed by atoms with Gasteiger partial charge in [-0.3, -0.25) is 9.59 Å². The Kier molecular flexibility index (Phi) is 3.03. The molecular weight excluding hydrogens is 338 g/mol. The Labute approximate surface area is 148 Å². The van der Waals surface area contributed by atoms with Gasteiger partial charge in [-0.1, -0.05) is 60.7 Å². The molecule has 1 saturated heterocycles. The maximum atomic E-state index is 15.0. The molecule has 1 saturated carbocycles. The number of rotatable bonds is 2. The molecule has 0 radical (unpaired) electrons. The minimum Gasteiger partial charge on any atom is -0.393 e. The summed E-state index contributed by atoms with van der Waals surface area (Å²) in [7, 11) is 0. The molecule has 0 amide bonds. The van der Waals surface area contributed by atoms with Crippen LogP contribution in [0.2, 0.25) is 0 Å². The van der Waals surface area contributed by atoms with Crippen molar-refractivity contribution in [2.75, 3.05) is 0 Å². The van der Waals surface area contributed by atoms with E-state index in [9.17, 15) is 9.59 Å². The van der Waals surface area contributed by atoms with Crippen molar-refractivity contribution in [1.82, 2.24) is 0 Å². The highest BCUT2D eigenvalue weighted by molar-refractivity contribution is 5.99. The molecule has 1 heterocycles. The highest BCUT2D eigenvalue weighted by Gasteiger charge is 2.75. The monoisotopic (exact) mass is 352 g/mol. The van der Waals surface area contributed by atoms with E-state index in [-0.39, 0.29) is 0 Å². The number of esters is 2. The van der Waals surface area contributed by atoms with Gasteiger partial charge >= 0.3 is 11.9 Å². The highest BCUT2D eigenvalue weighted by Crippen LogP contribution is 2.70. The molecule has 130 valence electrons. The molecule has 2 aromatic carbocycles. The zero-order valence-electron chi connectivity index (χ0n) is 13.6. The van der Waals surface area contributed by atoms with Crippen LogP contribution in [0.4, 0.5) is 8.78 Å². The van der Waals surface area contributed by atoms with Gasteiger partial charge in [0.05, 0.1) is 11.8 Å². The van der Waals surface area contributed by atoms with E-state index >= 15 is 8.78 Å². The number of hydrogen-bond donors (Lipinski definition) is 0. The summed E-state index contributed by atoms with van der Waals surface area (Å²) in [4.78, 5) is 24.6. The number of cyclic esters (lactones) is 2. The largest absolute Gasteiger partial charge is 0.393 e. The predicted octanol–water partition coefficient (Wildman–Crippen LogP) is 3.70. The maximum absolute atomic E-state index is 15.0. The van der Waals surface area contributed by atoms with E-state index in [0.29, 0.717) is 11.1 Å². The van der Waals surface area contributed by atoms with E-state index in [1.807, 2.05) is 12.1 Å². The first-order chi connectivity index (χ1) is 12.6. The Hall–Kier alpha value is -2.82. The molecule has 5 rings (SSSR count). The normalized spacial score (nSPS) is 31.3. The van der Waals surface area contributed by atoms with Gasteiger partial charge in [0.25, 0.3) is 0 Å². The molecule has 2 aromatic rings. The maximum Gasteiger partial charge on any atom is 0.318 e. The molecule has 3 aliphatic rings. The van der Waals surface area contributed by atoms with E-state index in [1.54, 1.807) is 48.5 Å². The predicted molar refractivity (Wildman–Crippen MR) is 88.0 cm³/mol. The minimum absolute atomic E-state index is 0.694. The number of hydrogen-bond acceptors (Lipinski definition) is 3. The van der Waals surface area contributed by atoms with Gasteiger partial charge in [0.1, 0.15) is 11.7 Å². The third kappa shape index (κ3) is 1.61. The lowest BCUT2D eigenvalue weighted by Crippen LogP contribution is -2.38. The molecule has 0 aromatic heterocycles. The molecule has 1 aliphatic heterocycles. The summed E-state index contributed by atoms with van der Waals surface area (Å²) in [6, 6.07) is 18.0. The average Bonchev–Trinajstić information content (AvgIpc) is 3.22. The average molecular weight is 352 g/mol.